The van der Waals surface area contributed by atoms with Crippen molar-refractivity contribution in [3.05, 3.63) is 42.5 Å². The zero-order valence-corrected chi connectivity index (χ0v) is 18.2. The first-order chi connectivity index (χ1) is 14.1. The number of ether oxygens (including phenoxy) is 1. The Morgan fingerprint density at radius 2 is 1.93 bits per heavy atom. The lowest BCUT2D eigenvalue weighted by Crippen LogP contribution is -2.37. The van der Waals surface area contributed by atoms with Crippen molar-refractivity contribution in [3.63, 3.8) is 0 Å². The van der Waals surface area contributed by atoms with Crippen LogP contribution in [0.3, 0.4) is 0 Å². The Kier molecular flexibility index (Phi) is 8.12. The molecule has 0 radical (unpaired) electrons. The summed E-state index contributed by atoms with van der Waals surface area (Å²) >= 11 is 0. The van der Waals surface area contributed by atoms with E-state index >= 15 is 0 Å². The number of nitrogens with zero attached hydrogens (tertiary/aromatic N) is 2. The fourth-order valence-corrected chi connectivity index (χ4v) is 5.34. The van der Waals surface area contributed by atoms with Gasteiger partial charge in [0.1, 0.15) is 5.75 Å². The summed E-state index contributed by atoms with van der Waals surface area (Å²) in [6, 6.07) is 6.85. The van der Waals surface area contributed by atoms with Gasteiger partial charge in [-0.3, -0.25) is 0 Å². The maximum atomic E-state index is 13.4. The van der Waals surface area contributed by atoms with E-state index in [4.69, 9.17) is 4.74 Å². The first kappa shape index (κ1) is 21.8. The molecule has 1 aromatic heterocycles. The summed E-state index contributed by atoms with van der Waals surface area (Å²) in [6.45, 7) is 3.81. The molecule has 0 saturated heterocycles. The molecule has 1 aliphatic carbocycles. The zero-order chi connectivity index (χ0) is 20.5. The zero-order valence-electron chi connectivity index (χ0n) is 17.3. The minimum Gasteiger partial charge on any atom is -0.494 e. The maximum Gasteiger partial charge on any atom is 0.243 e. The molecule has 0 spiro atoms. The molecule has 0 atom stereocenters. The number of hydrogen-bond donors (Lipinski definition) is 1. The Morgan fingerprint density at radius 1 is 1.17 bits per heavy atom. The van der Waals surface area contributed by atoms with Gasteiger partial charge in [-0.1, -0.05) is 32.6 Å². The molecule has 29 heavy (non-hydrogen) atoms. The van der Waals surface area contributed by atoms with Crippen LogP contribution in [-0.2, 0) is 16.4 Å². The van der Waals surface area contributed by atoms with Crippen LogP contribution in [0.4, 0.5) is 0 Å². The molecule has 0 bridgehead atoms. The van der Waals surface area contributed by atoms with Crippen molar-refractivity contribution in [3.8, 4) is 5.75 Å². The van der Waals surface area contributed by atoms with E-state index in [1.165, 1.54) is 19.3 Å². The highest BCUT2D eigenvalue weighted by Gasteiger charge is 2.28. The lowest BCUT2D eigenvalue weighted by molar-refractivity contribution is 0.279. The van der Waals surface area contributed by atoms with Crippen molar-refractivity contribution >= 4 is 10.0 Å². The molecule has 160 valence electrons. The van der Waals surface area contributed by atoms with Crippen LogP contribution in [0.25, 0.3) is 0 Å². The number of nitrogens with one attached hydrogen (secondary N) is 1. The summed E-state index contributed by atoms with van der Waals surface area (Å²) < 4.78 is 34.1. The number of benzene rings is 1. The summed E-state index contributed by atoms with van der Waals surface area (Å²) in [5, 5.41) is 0. The third-order valence-electron chi connectivity index (χ3n) is 5.60. The van der Waals surface area contributed by atoms with Crippen LogP contribution in [0.15, 0.2) is 41.7 Å². The molecule has 2 aromatic rings. The molecular formula is C22H33N3O3S. The minimum atomic E-state index is -3.55. The summed E-state index contributed by atoms with van der Waals surface area (Å²) in [7, 11) is -3.55. The fraction of sp³-hybridized carbons (Fsp3) is 0.591. The van der Waals surface area contributed by atoms with Gasteiger partial charge in [0.15, 0.2) is 0 Å². The molecule has 0 amide bonds. The molecule has 0 aliphatic heterocycles. The van der Waals surface area contributed by atoms with Gasteiger partial charge < -0.3 is 9.72 Å². The lowest BCUT2D eigenvalue weighted by atomic mass is 9.89. The predicted molar refractivity (Wildman–Crippen MR) is 114 cm³/mol. The van der Waals surface area contributed by atoms with Crippen molar-refractivity contribution in [1.82, 2.24) is 14.3 Å². The van der Waals surface area contributed by atoms with Gasteiger partial charge in [0.05, 0.1) is 17.8 Å². The van der Waals surface area contributed by atoms with E-state index in [-0.39, 0.29) is 0 Å². The summed E-state index contributed by atoms with van der Waals surface area (Å²) in [5.41, 5.74) is 0.952. The first-order valence-corrected chi connectivity index (χ1v) is 12.2. The van der Waals surface area contributed by atoms with Crippen LogP contribution in [0, 0.1) is 5.92 Å². The second-order valence-electron chi connectivity index (χ2n) is 7.87. The third-order valence-corrected chi connectivity index (χ3v) is 7.48. The van der Waals surface area contributed by atoms with Crippen LogP contribution in [-0.4, -0.2) is 42.4 Å². The number of aromatic amines is 1. The number of aromatic nitrogens is 2. The number of rotatable bonds is 11. The van der Waals surface area contributed by atoms with Gasteiger partial charge in [-0.25, -0.2) is 13.4 Å². The van der Waals surface area contributed by atoms with Crippen LogP contribution in [0.2, 0.25) is 0 Å². The van der Waals surface area contributed by atoms with E-state index in [9.17, 15) is 8.42 Å². The van der Waals surface area contributed by atoms with Gasteiger partial charge >= 0.3 is 0 Å². The Bertz CT molecular complexity index is 813. The molecule has 1 fully saturated rings. The minimum absolute atomic E-state index is 0.334. The van der Waals surface area contributed by atoms with E-state index in [1.807, 2.05) is 0 Å². The molecule has 7 heteroatoms. The molecule has 1 heterocycles. The Balaban J connectivity index is 1.72. The predicted octanol–water partition coefficient (Wildman–Crippen LogP) is 4.40. The highest BCUT2D eigenvalue weighted by atomic mass is 32.2. The largest absolute Gasteiger partial charge is 0.494 e. The smallest absolute Gasteiger partial charge is 0.243 e. The van der Waals surface area contributed by atoms with Crippen molar-refractivity contribution in [1.29, 1.82) is 0 Å². The van der Waals surface area contributed by atoms with Crippen LogP contribution in [0.5, 0.6) is 5.75 Å². The first-order valence-electron chi connectivity index (χ1n) is 10.8. The number of H-pyrrole nitrogens is 1. The lowest BCUT2D eigenvalue weighted by Gasteiger charge is -2.29. The highest BCUT2D eigenvalue weighted by molar-refractivity contribution is 7.89. The average molecular weight is 420 g/mol. The van der Waals surface area contributed by atoms with Gasteiger partial charge in [-0.2, -0.15) is 4.31 Å². The summed E-state index contributed by atoms with van der Waals surface area (Å²) in [4.78, 5) is 7.44. The van der Waals surface area contributed by atoms with Gasteiger partial charge in [-0.05, 0) is 49.4 Å². The Labute approximate surface area is 174 Å². The molecule has 1 aliphatic rings. The monoisotopic (exact) mass is 419 g/mol. The molecule has 1 N–H and O–H groups in total. The van der Waals surface area contributed by atoms with Crippen molar-refractivity contribution in [2.24, 2.45) is 5.92 Å². The standard InChI is InChI=1S/C22H33N3O3S/c1-2-3-15-28-21-9-11-22(12-10-21)29(26,27)25(14-13-20-16-23-18-24-20)17-19-7-5-4-6-8-19/h9-12,16,18-19H,2-8,13-15,17H2,1H3,(H,23,24). The molecule has 1 saturated carbocycles. The van der Waals surface area contributed by atoms with Gasteiger partial charge in [0.2, 0.25) is 10.0 Å². The number of imidazole rings is 1. The summed E-state index contributed by atoms with van der Waals surface area (Å²) in [6.07, 6.45) is 12.0. The van der Waals surface area contributed by atoms with Gasteiger partial charge in [0, 0.05) is 31.4 Å². The Morgan fingerprint density at radius 3 is 2.59 bits per heavy atom. The number of sulfonamides is 1. The summed E-state index contributed by atoms with van der Waals surface area (Å²) in [5.74, 6) is 1.16. The molecule has 0 unspecified atom stereocenters. The molecule has 3 rings (SSSR count). The number of unbranched alkanes of at least 4 members (excludes halogenated alkanes) is 1. The third kappa shape index (κ3) is 6.31. The van der Waals surface area contributed by atoms with E-state index in [0.29, 0.717) is 42.7 Å². The highest BCUT2D eigenvalue weighted by Crippen LogP contribution is 2.27. The van der Waals surface area contributed by atoms with Gasteiger partial charge in [0.25, 0.3) is 0 Å². The fourth-order valence-electron chi connectivity index (χ4n) is 3.83. The average Bonchev–Trinajstić information content (AvgIpc) is 3.26. The van der Waals surface area contributed by atoms with Crippen LogP contribution < -0.4 is 4.74 Å². The molecule has 1 aromatic carbocycles. The molecule has 6 nitrogen and oxygen atoms in total. The quantitative estimate of drug-likeness (QED) is 0.548. The normalized spacial score (nSPS) is 15.7. The van der Waals surface area contributed by atoms with E-state index in [0.717, 1.165) is 31.4 Å². The maximum absolute atomic E-state index is 13.4. The van der Waals surface area contributed by atoms with E-state index in [1.54, 1.807) is 41.1 Å². The second kappa shape index (κ2) is 10.8. The van der Waals surface area contributed by atoms with Crippen molar-refractivity contribution < 1.29 is 13.2 Å². The topological polar surface area (TPSA) is 75.3 Å². The van der Waals surface area contributed by atoms with E-state index in [2.05, 4.69) is 16.9 Å². The Hall–Kier alpha value is -1.86. The SMILES string of the molecule is CCCCOc1ccc(S(=O)(=O)N(CCc2cnc[nH]2)CC2CCCCC2)cc1. The molecular weight excluding hydrogens is 386 g/mol. The van der Waals surface area contributed by atoms with Crippen LogP contribution >= 0.6 is 0 Å². The number of hydrogen-bond acceptors (Lipinski definition) is 4. The van der Waals surface area contributed by atoms with E-state index < -0.39 is 10.0 Å². The van der Waals surface area contributed by atoms with Crippen molar-refractivity contribution in [2.45, 2.75) is 63.2 Å². The van der Waals surface area contributed by atoms with Gasteiger partial charge in [-0.15, -0.1) is 0 Å². The van der Waals surface area contributed by atoms with Crippen LogP contribution in [0.1, 0.15) is 57.6 Å². The second-order valence-corrected chi connectivity index (χ2v) is 9.81. The van der Waals surface area contributed by atoms with Crippen molar-refractivity contribution in [2.75, 3.05) is 19.7 Å².